The molecule has 56 heavy (non-hydrogen) atoms. The van der Waals surface area contributed by atoms with Gasteiger partial charge in [0.05, 0.1) is 35.8 Å². The second-order valence-corrected chi connectivity index (χ2v) is 16.1. The number of carbonyl (C=O) groups is 2. The number of para-hydroxylation sites is 1. The first-order valence-electron chi connectivity index (χ1n) is 17.8. The van der Waals surface area contributed by atoms with E-state index in [0.29, 0.717) is 12.1 Å². The summed E-state index contributed by atoms with van der Waals surface area (Å²) in [5.74, 6) is -0.962. The Morgan fingerprint density at radius 2 is 1.52 bits per heavy atom. The fraction of sp³-hybridized carbons (Fsp3) is 0.357. The quantitative estimate of drug-likeness (QED) is 0.0936. The molecule has 1 N–H and O–H groups in total. The molecule has 0 atom stereocenters. The number of nitrogens with one attached hydrogen (secondary N) is 1. The predicted molar refractivity (Wildman–Crippen MR) is 217 cm³/mol. The number of alkyl halides is 3. The molecule has 2 aromatic heterocycles. The summed E-state index contributed by atoms with van der Waals surface area (Å²) in [4.78, 5) is 27.8. The van der Waals surface area contributed by atoms with Crippen LogP contribution in [0.25, 0.3) is 10.9 Å². The molecule has 0 amide bonds. The van der Waals surface area contributed by atoms with Gasteiger partial charge in [0, 0.05) is 27.7 Å². The van der Waals surface area contributed by atoms with Crippen LogP contribution in [0.1, 0.15) is 85.8 Å². The summed E-state index contributed by atoms with van der Waals surface area (Å²) in [5.41, 5.74) is 4.44. The summed E-state index contributed by atoms with van der Waals surface area (Å²) in [7, 11) is 0.973. The summed E-state index contributed by atoms with van der Waals surface area (Å²) in [6.45, 7) is 16.4. The second kappa shape index (κ2) is 18.1. The van der Waals surface area contributed by atoms with Crippen LogP contribution in [0.5, 0.6) is 0 Å². The molecule has 1 aliphatic rings. The minimum atomic E-state index is -4.43. The van der Waals surface area contributed by atoms with Gasteiger partial charge in [-0.2, -0.15) is 13.2 Å². The largest absolute Gasteiger partial charge is 0.494 e. The molecule has 1 fully saturated rings. The molecule has 0 radical (unpaired) electrons. The molecule has 0 unspecified atom stereocenters. The number of aryl methyl sites for hydroxylation is 1. The number of esters is 1. The number of ether oxygens (including phenoxy) is 1. The van der Waals surface area contributed by atoms with Crippen LogP contribution in [0.3, 0.4) is 0 Å². The van der Waals surface area contributed by atoms with Crippen molar-refractivity contribution in [3.05, 3.63) is 129 Å². The van der Waals surface area contributed by atoms with E-state index in [1.165, 1.54) is 13.2 Å². The summed E-state index contributed by atoms with van der Waals surface area (Å²) in [5, 5.41) is 3.42. The highest BCUT2D eigenvalue weighted by molar-refractivity contribution is 9.10. The van der Waals surface area contributed by atoms with Gasteiger partial charge < -0.3 is 23.8 Å². The molecule has 298 valence electrons. The lowest BCUT2D eigenvalue weighted by atomic mass is 9.75. The first kappa shape index (κ1) is 44.7. The van der Waals surface area contributed by atoms with Crippen molar-refractivity contribution in [3.8, 4) is 0 Å². The third-order valence-corrected chi connectivity index (χ3v) is 10.6. The van der Waals surface area contributed by atoms with Gasteiger partial charge in [-0.3, -0.25) is 14.6 Å². The molecule has 1 saturated heterocycles. The monoisotopic (exact) mass is 856 g/mol. The standard InChI is InChI=1S/C17H25BO4.C13H11BrF3NO.C12H10ClNO/c1-15(2,14(19)20-7)12-9-8-10-13(11-12)18-21-16(3,4)17(5,6)22-18;14-10-3-1-9(2-4-10)7-18-8-11-5-6-12(19-11)13(15,16)17;1-7-8(2)14-10-6-4-3-5-9(10)11(7)12(13)15/h8-11H,1-7H3;1-6,18H,7-8H2;3-6H,1-2H3. The fourth-order valence-corrected chi connectivity index (χ4v) is 6.17. The average molecular weight is 858 g/mol. The van der Waals surface area contributed by atoms with Crippen molar-refractivity contribution in [2.75, 3.05) is 7.11 Å². The van der Waals surface area contributed by atoms with Crippen molar-refractivity contribution in [1.82, 2.24) is 10.3 Å². The minimum absolute atomic E-state index is 0.256. The summed E-state index contributed by atoms with van der Waals surface area (Å²) in [6, 6.07) is 25.2. The zero-order chi connectivity index (χ0) is 41.6. The van der Waals surface area contributed by atoms with Gasteiger partial charge in [-0.05, 0) is 119 Å². The van der Waals surface area contributed by atoms with E-state index < -0.39 is 29.7 Å². The lowest BCUT2D eigenvalue weighted by Crippen LogP contribution is -2.41. The normalized spacial score (nSPS) is 14.7. The van der Waals surface area contributed by atoms with E-state index in [4.69, 9.17) is 30.1 Å². The number of halogens is 5. The molecule has 5 aromatic rings. The number of rotatable bonds is 8. The summed E-state index contributed by atoms with van der Waals surface area (Å²) < 4.78 is 59.6. The van der Waals surface area contributed by atoms with E-state index in [0.717, 1.165) is 49.3 Å². The third kappa shape index (κ3) is 10.9. The number of hydrogen-bond acceptors (Lipinski definition) is 8. The molecule has 0 spiro atoms. The number of benzene rings is 3. The number of nitrogens with zero attached hydrogens (tertiary/aromatic N) is 1. The highest BCUT2D eigenvalue weighted by atomic mass is 79.9. The van der Waals surface area contributed by atoms with Crippen LogP contribution in [0.4, 0.5) is 13.2 Å². The van der Waals surface area contributed by atoms with Crippen molar-refractivity contribution in [2.24, 2.45) is 0 Å². The minimum Gasteiger partial charge on any atom is -0.468 e. The van der Waals surface area contributed by atoms with Gasteiger partial charge in [0.25, 0.3) is 5.24 Å². The number of pyridine rings is 1. The highest BCUT2D eigenvalue weighted by Gasteiger charge is 2.52. The molecule has 0 saturated carbocycles. The van der Waals surface area contributed by atoms with Crippen LogP contribution in [0.2, 0.25) is 0 Å². The van der Waals surface area contributed by atoms with Crippen LogP contribution < -0.4 is 10.8 Å². The number of fused-ring (bicyclic) bond motifs is 1. The molecule has 1 aliphatic heterocycles. The first-order valence-corrected chi connectivity index (χ1v) is 19.0. The van der Waals surface area contributed by atoms with E-state index in [9.17, 15) is 22.8 Å². The second-order valence-electron chi connectivity index (χ2n) is 14.8. The molecule has 6 rings (SSSR count). The maximum atomic E-state index is 12.3. The van der Waals surface area contributed by atoms with Crippen molar-refractivity contribution < 1.29 is 41.2 Å². The number of hydrogen-bond donors (Lipinski definition) is 1. The highest BCUT2D eigenvalue weighted by Crippen LogP contribution is 2.37. The van der Waals surface area contributed by atoms with E-state index in [2.05, 4.69) is 26.2 Å². The maximum absolute atomic E-state index is 12.3. The van der Waals surface area contributed by atoms with Crippen LogP contribution in [-0.2, 0) is 43.5 Å². The van der Waals surface area contributed by atoms with Crippen molar-refractivity contribution >= 4 is 62.2 Å². The van der Waals surface area contributed by atoms with Crippen LogP contribution >= 0.6 is 27.5 Å². The van der Waals surface area contributed by atoms with Crippen molar-refractivity contribution in [1.29, 1.82) is 0 Å². The Hall–Kier alpha value is -4.01. The van der Waals surface area contributed by atoms with Crippen LogP contribution in [-0.4, -0.2) is 41.6 Å². The maximum Gasteiger partial charge on any atom is 0.494 e. The Balaban J connectivity index is 0.000000190. The molecular formula is C42H46BBrClF3N2O6. The van der Waals surface area contributed by atoms with Crippen molar-refractivity contribution in [3.63, 3.8) is 0 Å². The van der Waals surface area contributed by atoms with E-state index in [1.807, 2.05) is 128 Å². The Kier molecular flexibility index (Phi) is 14.4. The Labute approximate surface area is 339 Å². The predicted octanol–water partition coefficient (Wildman–Crippen LogP) is 10.0. The van der Waals surface area contributed by atoms with E-state index >= 15 is 0 Å². The van der Waals surface area contributed by atoms with Gasteiger partial charge in [-0.25, -0.2) is 0 Å². The number of aromatic nitrogens is 1. The average Bonchev–Trinajstić information content (AvgIpc) is 3.70. The van der Waals surface area contributed by atoms with Gasteiger partial charge in [0.1, 0.15) is 5.76 Å². The van der Waals surface area contributed by atoms with Crippen molar-refractivity contribution in [2.45, 2.75) is 91.3 Å². The Morgan fingerprint density at radius 3 is 2.09 bits per heavy atom. The number of methoxy groups -OCH3 is 1. The van der Waals surface area contributed by atoms with Gasteiger partial charge >= 0.3 is 19.3 Å². The van der Waals surface area contributed by atoms with Gasteiger partial charge in [0.2, 0.25) is 5.76 Å². The fourth-order valence-electron chi connectivity index (χ4n) is 5.67. The molecule has 0 aliphatic carbocycles. The summed E-state index contributed by atoms with van der Waals surface area (Å²) >= 11 is 8.92. The smallest absolute Gasteiger partial charge is 0.468 e. The molecule has 8 nitrogen and oxygen atoms in total. The lowest BCUT2D eigenvalue weighted by molar-refractivity contribution is -0.153. The Morgan fingerprint density at radius 1 is 0.893 bits per heavy atom. The molecular weight excluding hydrogens is 812 g/mol. The SMILES string of the molecule is COC(=O)C(C)(C)c1cccc(B2OC(C)(C)C(C)(C)O2)c1.Cc1nc2ccccc2c(C(=O)Cl)c1C.FC(F)(F)c1ccc(CNCc2ccc(Br)cc2)o1. The number of furan rings is 1. The zero-order valence-corrected chi connectivity index (χ0v) is 35.2. The topological polar surface area (TPSA) is 99.9 Å². The van der Waals surface area contributed by atoms with Crippen LogP contribution in [0.15, 0.2) is 93.8 Å². The van der Waals surface area contributed by atoms with Gasteiger partial charge in [-0.1, -0.05) is 70.5 Å². The molecule has 3 heterocycles. The zero-order valence-electron chi connectivity index (χ0n) is 32.9. The molecule has 3 aromatic carbocycles. The van der Waals surface area contributed by atoms with Gasteiger partial charge in [0.15, 0.2) is 0 Å². The van der Waals surface area contributed by atoms with Crippen LogP contribution in [0, 0.1) is 13.8 Å². The molecule has 14 heteroatoms. The van der Waals surface area contributed by atoms with Gasteiger partial charge in [-0.15, -0.1) is 0 Å². The lowest BCUT2D eigenvalue weighted by Gasteiger charge is -2.32. The van der Waals surface area contributed by atoms with E-state index in [-0.39, 0.29) is 29.5 Å². The number of carbonyl (C=O) groups excluding carboxylic acids is 2. The first-order chi connectivity index (χ1) is 26.1. The van der Waals surface area contributed by atoms with E-state index in [1.54, 1.807) is 0 Å². The summed E-state index contributed by atoms with van der Waals surface area (Å²) in [6.07, 6.45) is -4.43. The third-order valence-electron chi connectivity index (χ3n) is 9.89. The Bertz CT molecular complexity index is 2140. The molecule has 0 bridgehead atoms.